The lowest BCUT2D eigenvalue weighted by atomic mass is 10.2. The molecule has 11 heteroatoms. The summed E-state index contributed by atoms with van der Waals surface area (Å²) in [7, 11) is -3.53. The highest BCUT2D eigenvalue weighted by atomic mass is 35.5. The van der Waals surface area contributed by atoms with Crippen LogP contribution >= 0.6 is 22.9 Å². The second-order valence-electron chi connectivity index (χ2n) is 6.34. The van der Waals surface area contributed by atoms with Gasteiger partial charge in [-0.3, -0.25) is 9.59 Å². The predicted octanol–water partition coefficient (Wildman–Crippen LogP) is 1.52. The van der Waals surface area contributed by atoms with Crippen LogP contribution in [-0.2, 0) is 24.3 Å². The first-order chi connectivity index (χ1) is 13.2. The van der Waals surface area contributed by atoms with Gasteiger partial charge in [-0.25, -0.2) is 13.6 Å². The molecule has 2 N–H and O–H groups in total. The number of carbonyl (C=O) groups excluding carboxylic acids is 2. The van der Waals surface area contributed by atoms with Gasteiger partial charge in [0.25, 0.3) is 0 Å². The second-order valence-corrected chi connectivity index (χ2v) is 9.53. The molecule has 1 aromatic heterocycles. The van der Waals surface area contributed by atoms with Gasteiger partial charge in [0, 0.05) is 36.3 Å². The van der Waals surface area contributed by atoms with Gasteiger partial charge >= 0.3 is 0 Å². The number of rotatable bonds is 4. The van der Waals surface area contributed by atoms with Crippen molar-refractivity contribution in [3.05, 3.63) is 26.8 Å². The van der Waals surface area contributed by atoms with Crippen molar-refractivity contribution in [1.82, 2.24) is 9.80 Å². The van der Waals surface area contributed by atoms with E-state index < -0.39 is 10.0 Å². The Hall–Kier alpha value is -1.46. The first-order valence-electron chi connectivity index (χ1n) is 8.79. The topological polar surface area (TPSA) is 110 Å². The molecule has 0 radical (unpaired) electrons. The van der Waals surface area contributed by atoms with E-state index in [1.165, 1.54) is 17.4 Å². The van der Waals surface area contributed by atoms with Gasteiger partial charge in [0.15, 0.2) is 0 Å². The van der Waals surface area contributed by atoms with E-state index in [0.29, 0.717) is 37.1 Å². The minimum atomic E-state index is -3.53. The highest BCUT2D eigenvalue weighted by Gasteiger charge is 2.32. The minimum absolute atomic E-state index is 0.0542. The van der Waals surface area contributed by atoms with Crippen LogP contribution in [0.4, 0.5) is 0 Å². The third kappa shape index (κ3) is 7.17. The average molecular weight is 450 g/mol. The van der Waals surface area contributed by atoms with Crippen LogP contribution in [0.25, 0.3) is 6.08 Å². The molecule has 3 rings (SSSR count). The van der Waals surface area contributed by atoms with Gasteiger partial charge in [-0.05, 0) is 31.6 Å². The van der Waals surface area contributed by atoms with Crippen molar-refractivity contribution in [1.29, 1.82) is 0 Å². The number of thiophene rings is 1. The molecule has 2 aliphatic heterocycles. The van der Waals surface area contributed by atoms with Crippen LogP contribution in [0, 0.1) is 0 Å². The zero-order chi connectivity index (χ0) is 20.7. The van der Waals surface area contributed by atoms with E-state index in [9.17, 15) is 18.0 Å². The molecule has 2 saturated heterocycles. The molecule has 2 amide bonds. The average Bonchev–Trinajstić information content (AvgIpc) is 3.27. The van der Waals surface area contributed by atoms with Gasteiger partial charge in [-0.2, -0.15) is 0 Å². The highest BCUT2D eigenvalue weighted by Crippen LogP contribution is 2.22. The Morgan fingerprint density at radius 3 is 2.50 bits per heavy atom. The number of ether oxygens (including phenoxy) is 1. The number of hydrogen-bond acceptors (Lipinski definition) is 6. The SMILES string of the molecule is C[C@@H](C(=O)N1CCOCC1)N1CCCC1=O.NS(=O)(=O)/C=C/c1ccc(Cl)s1. The van der Waals surface area contributed by atoms with E-state index in [-0.39, 0.29) is 17.9 Å². The Bertz CT molecular complexity index is 819. The van der Waals surface area contributed by atoms with Gasteiger partial charge in [-0.15, -0.1) is 11.3 Å². The van der Waals surface area contributed by atoms with E-state index in [2.05, 4.69) is 0 Å². The third-order valence-corrected chi connectivity index (χ3v) is 5.99. The smallest absolute Gasteiger partial charge is 0.245 e. The molecule has 0 aliphatic carbocycles. The summed E-state index contributed by atoms with van der Waals surface area (Å²) < 4.78 is 26.8. The molecular weight excluding hydrogens is 426 g/mol. The Morgan fingerprint density at radius 2 is 2.00 bits per heavy atom. The van der Waals surface area contributed by atoms with Crippen molar-refractivity contribution in [3.63, 3.8) is 0 Å². The van der Waals surface area contributed by atoms with Crippen molar-refractivity contribution in [3.8, 4) is 0 Å². The van der Waals surface area contributed by atoms with Crippen LogP contribution in [0.3, 0.4) is 0 Å². The van der Waals surface area contributed by atoms with Crippen molar-refractivity contribution >= 4 is 50.9 Å². The van der Waals surface area contributed by atoms with Gasteiger partial charge in [0.1, 0.15) is 6.04 Å². The molecule has 8 nitrogen and oxygen atoms in total. The first-order valence-corrected chi connectivity index (χ1v) is 11.6. The van der Waals surface area contributed by atoms with Crippen molar-refractivity contribution in [2.75, 3.05) is 32.8 Å². The van der Waals surface area contributed by atoms with Crippen LogP contribution in [-0.4, -0.2) is 68.9 Å². The Kier molecular flexibility index (Phi) is 8.44. The lowest BCUT2D eigenvalue weighted by Gasteiger charge is -2.32. The maximum Gasteiger partial charge on any atom is 0.245 e. The lowest BCUT2D eigenvalue weighted by Crippen LogP contribution is -2.50. The first kappa shape index (κ1) is 22.8. The Balaban J connectivity index is 0.000000209. The number of likely N-dealkylation sites (tertiary alicyclic amines) is 1. The van der Waals surface area contributed by atoms with Crippen molar-refractivity contribution in [2.24, 2.45) is 5.14 Å². The summed E-state index contributed by atoms with van der Waals surface area (Å²) in [5, 5.41) is 5.69. The molecule has 0 aromatic carbocycles. The molecule has 2 aliphatic rings. The molecule has 1 atom stereocenters. The maximum absolute atomic E-state index is 12.1. The second kappa shape index (κ2) is 10.4. The standard InChI is InChI=1S/C11H18N2O3.C6H6ClNO2S2/c1-9(13-4-2-3-10(13)14)11(15)12-5-7-16-8-6-12;7-6-2-1-5(11-6)3-4-12(8,9)10/h9H,2-8H2,1H3;1-4H,(H2,8,9,10)/b;4-3+/t9-;/m0./s1. The summed E-state index contributed by atoms with van der Waals surface area (Å²) in [5.41, 5.74) is 0. The summed E-state index contributed by atoms with van der Waals surface area (Å²) in [4.78, 5) is 27.9. The fourth-order valence-electron chi connectivity index (χ4n) is 2.84. The molecule has 1 aromatic rings. The van der Waals surface area contributed by atoms with Crippen LogP contribution in [0.2, 0.25) is 4.34 Å². The van der Waals surface area contributed by atoms with E-state index in [1.807, 2.05) is 6.92 Å². The fraction of sp³-hybridized carbons (Fsp3) is 0.529. The molecule has 0 spiro atoms. The van der Waals surface area contributed by atoms with Gasteiger partial charge in [-0.1, -0.05) is 11.6 Å². The van der Waals surface area contributed by atoms with E-state index >= 15 is 0 Å². The Morgan fingerprint density at radius 1 is 1.32 bits per heavy atom. The van der Waals surface area contributed by atoms with Crippen LogP contribution < -0.4 is 5.14 Å². The zero-order valence-corrected chi connectivity index (χ0v) is 17.9. The van der Waals surface area contributed by atoms with E-state index in [4.69, 9.17) is 21.5 Å². The molecule has 156 valence electrons. The summed E-state index contributed by atoms with van der Waals surface area (Å²) >= 11 is 6.90. The zero-order valence-electron chi connectivity index (χ0n) is 15.5. The summed E-state index contributed by atoms with van der Waals surface area (Å²) in [6.07, 6.45) is 2.87. The van der Waals surface area contributed by atoms with Gasteiger partial charge in [0.05, 0.1) is 17.6 Å². The van der Waals surface area contributed by atoms with Crippen LogP contribution in [0.5, 0.6) is 0 Å². The Labute approximate surface area is 173 Å². The molecule has 28 heavy (non-hydrogen) atoms. The number of halogens is 1. The molecule has 0 saturated carbocycles. The summed E-state index contributed by atoms with van der Waals surface area (Å²) in [5.74, 6) is 0.160. The lowest BCUT2D eigenvalue weighted by molar-refractivity contribution is -0.145. The monoisotopic (exact) mass is 449 g/mol. The number of amides is 2. The maximum atomic E-state index is 12.1. The van der Waals surface area contributed by atoms with Crippen LogP contribution in [0.1, 0.15) is 24.6 Å². The van der Waals surface area contributed by atoms with Crippen molar-refractivity contribution < 1.29 is 22.7 Å². The fourth-order valence-corrected chi connectivity index (χ4v) is 4.23. The molecule has 0 unspecified atom stereocenters. The number of primary sulfonamides is 1. The number of sulfonamides is 1. The highest BCUT2D eigenvalue weighted by molar-refractivity contribution is 7.92. The summed E-state index contributed by atoms with van der Waals surface area (Å²) in [6, 6.07) is 3.09. The normalized spacial score (nSPS) is 18.9. The quantitative estimate of drug-likeness (QED) is 0.749. The number of morpholine rings is 1. The third-order valence-electron chi connectivity index (χ3n) is 4.27. The number of carbonyl (C=O) groups is 2. The van der Waals surface area contributed by atoms with Gasteiger partial charge in [0.2, 0.25) is 21.8 Å². The molecule has 2 fully saturated rings. The largest absolute Gasteiger partial charge is 0.378 e. The van der Waals surface area contributed by atoms with Gasteiger partial charge < -0.3 is 14.5 Å². The number of nitrogens with zero attached hydrogens (tertiary/aromatic N) is 2. The molecule has 3 heterocycles. The predicted molar refractivity (Wildman–Crippen MR) is 109 cm³/mol. The number of hydrogen-bond donors (Lipinski definition) is 1. The van der Waals surface area contributed by atoms with E-state index in [1.54, 1.807) is 21.9 Å². The summed E-state index contributed by atoms with van der Waals surface area (Å²) in [6.45, 7) is 5.03. The number of nitrogens with two attached hydrogens (primary N) is 1. The minimum Gasteiger partial charge on any atom is -0.378 e. The molecule has 0 bridgehead atoms. The van der Waals surface area contributed by atoms with E-state index in [0.717, 1.165) is 23.3 Å². The van der Waals surface area contributed by atoms with Crippen molar-refractivity contribution in [2.45, 2.75) is 25.8 Å². The van der Waals surface area contributed by atoms with Crippen LogP contribution in [0.15, 0.2) is 17.5 Å². The molecular formula is C17H24ClN3O5S2.